The van der Waals surface area contributed by atoms with Crippen molar-refractivity contribution in [2.24, 2.45) is 0 Å². The topological polar surface area (TPSA) is 64.6 Å². The minimum Gasteiger partial charge on any atom is -0.463 e. The molecule has 0 rings (SSSR count). The molecule has 0 fully saturated rings. The van der Waals surface area contributed by atoms with Crippen LogP contribution < -0.4 is 0 Å². The Morgan fingerprint density at radius 1 is 0.593 bits per heavy atom. The van der Waals surface area contributed by atoms with E-state index in [4.69, 9.17) is 30.7 Å². The number of hydrogen-bond acceptors (Lipinski definition) is 7. The molecule has 0 unspecified atom stereocenters. The van der Waals surface area contributed by atoms with E-state index in [1.54, 1.807) is 0 Å². The molecule has 0 radical (unpaired) electrons. The average Bonchev–Trinajstić information content (AvgIpc) is 2.61. The van der Waals surface area contributed by atoms with Crippen molar-refractivity contribution in [3.63, 3.8) is 0 Å². The van der Waals surface area contributed by atoms with Gasteiger partial charge in [-0.2, -0.15) is 0 Å². The van der Waals surface area contributed by atoms with Crippen LogP contribution in [0, 0.1) is 0 Å². The highest BCUT2D eigenvalue weighted by atomic mass is 28.5. The second-order valence-corrected chi connectivity index (χ2v) is 19.7. The first-order chi connectivity index (χ1) is 12.7. The van der Waals surface area contributed by atoms with Gasteiger partial charge in [-0.25, -0.2) is 0 Å². The van der Waals surface area contributed by atoms with Gasteiger partial charge in [0, 0.05) is 39.6 Å². The largest absolute Gasteiger partial charge is 0.511 e. The van der Waals surface area contributed by atoms with Crippen molar-refractivity contribution in [2.45, 2.75) is 65.8 Å². The molecule has 0 bridgehead atoms. The minimum atomic E-state index is -3.31. The van der Waals surface area contributed by atoms with E-state index in [0.29, 0.717) is 50.1 Å². The summed E-state index contributed by atoms with van der Waals surface area (Å²) in [7, 11) is -8.51. The first kappa shape index (κ1) is 27.6. The zero-order valence-corrected chi connectivity index (χ0v) is 24.1. The highest BCUT2D eigenvalue weighted by molar-refractivity contribution is 7.06. The normalized spacial score (nSPS) is 14.1. The molecule has 11 heteroatoms. The smallest absolute Gasteiger partial charge is 0.463 e. The summed E-state index contributed by atoms with van der Waals surface area (Å²) in [4.78, 5) is 0. The second kappa shape index (κ2) is 12.3. The van der Waals surface area contributed by atoms with Crippen LogP contribution in [0.5, 0.6) is 0 Å². The molecule has 0 atom stereocenters. The Morgan fingerprint density at radius 3 is 0.963 bits per heavy atom. The van der Waals surface area contributed by atoms with Crippen molar-refractivity contribution >= 4 is 36.4 Å². The van der Waals surface area contributed by atoms with E-state index in [9.17, 15) is 0 Å². The monoisotopic (exact) mass is 458 g/mol. The van der Waals surface area contributed by atoms with Gasteiger partial charge in [0.1, 0.15) is 14.8 Å². The molecule has 0 aromatic heterocycles. The van der Waals surface area contributed by atoms with Crippen LogP contribution in [0.4, 0.5) is 0 Å². The van der Waals surface area contributed by atoms with Crippen LogP contribution in [-0.4, -0.2) is 76.1 Å². The summed E-state index contributed by atoms with van der Waals surface area (Å²) in [6.45, 7) is 21.0. The third-order valence-electron chi connectivity index (χ3n) is 4.95. The predicted molar refractivity (Wildman–Crippen MR) is 118 cm³/mol. The van der Waals surface area contributed by atoms with Gasteiger partial charge in [-0.15, -0.1) is 0 Å². The molecule has 0 saturated heterocycles. The Hall–Kier alpha value is 0.588. The highest BCUT2D eigenvalue weighted by Crippen LogP contribution is 2.55. The maximum absolute atomic E-state index is 6.37. The lowest BCUT2D eigenvalue weighted by atomic mass is 10.9. The molecular formula is C16H42O7Si4. The lowest BCUT2D eigenvalue weighted by Gasteiger charge is -2.54. The third-order valence-corrected chi connectivity index (χ3v) is 25.2. The maximum Gasteiger partial charge on any atom is 0.511 e. The minimum absolute atomic E-state index is 0.474. The van der Waals surface area contributed by atoms with E-state index in [1.807, 2.05) is 41.5 Å². The number of rotatable bonds is 16. The molecule has 0 heterocycles. The molecule has 0 amide bonds. The summed E-state index contributed by atoms with van der Waals surface area (Å²) in [5.74, 6) is 0. The van der Waals surface area contributed by atoms with Crippen LogP contribution in [-0.2, 0) is 30.7 Å². The van der Waals surface area contributed by atoms with Crippen molar-refractivity contribution in [1.82, 2.24) is 0 Å². The predicted octanol–water partition coefficient (Wildman–Crippen LogP) is 2.42. The van der Waals surface area contributed by atoms with E-state index in [-0.39, 0.29) is 0 Å². The van der Waals surface area contributed by atoms with Crippen molar-refractivity contribution in [2.75, 3.05) is 39.6 Å². The summed E-state index contributed by atoms with van der Waals surface area (Å²) in [5.41, 5.74) is 0. The Labute approximate surface area is 172 Å². The molecule has 0 aliphatic rings. The molecule has 0 aliphatic carbocycles. The van der Waals surface area contributed by atoms with Crippen LogP contribution in [0.2, 0.25) is 17.4 Å². The Morgan fingerprint density at radius 2 is 0.815 bits per heavy atom. The summed E-state index contributed by atoms with van der Waals surface area (Å²) in [6.07, 6.45) is 0. The average molecular weight is 459 g/mol. The summed E-state index contributed by atoms with van der Waals surface area (Å²) in [6, 6.07) is 0. The zero-order chi connectivity index (χ0) is 21.2. The van der Waals surface area contributed by atoms with Gasteiger partial charge in [0.05, 0.1) is 0 Å². The van der Waals surface area contributed by atoms with E-state index in [1.165, 1.54) is 0 Å². The SMILES string of the molecule is CCO[Si](OCC)(OCC)C(C)([Si](C)(C)O[SiH3])[Si](OCC)(OCC)OCC. The second-order valence-electron chi connectivity index (χ2n) is 6.55. The van der Waals surface area contributed by atoms with Gasteiger partial charge in [-0.05, 0) is 54.6 Å². The lowest BCUT2D eigenvalue weighted by molar-refractivity contribution is 0.0244. The van der Waals surface area contributed by atoms with Gasteiger partial charge in [0.15, 0.2) is 8.32 Å². The van der Waals surface area contributed by atoms with Crippen molar-refractivity contribution < 1.29 is 30.7 Å². The summed E-state index contributed by atoms with van der Waals surface area (Å²) in [5, 5.41) is 0. The molecule has 0 N–H and O–H groups in total. The molecule has 0 aromatic rings. The summed E-state index contributed by atoms with van der Waals surface area (Å²) < 4.78 is 43.7. The van der Waals surface area contributed by atoms with E-state index >= 15 is 0 Å². The van der Waals surface area contributed by atoms with Crippen LogP contribution in [0.15, 0.2) is 0 Å². The molecule has 27 heavy (non-hydrogen) atoms. The van der Waals surface area contributed by atoms with Crippen LogP contribution in [0.3, 0.4) is 0 Å². The molecule has 0 spiro atoms. The van der Waals surface area contributed by atoms with E-state index < -0.39 is 30.2 Å². The van der Waals surface area contributed by atoms with Gasteiger partial charge in [-0.3, -0.25) is 0 Å². The van der Waals surface area contributed by atoms with Crippen LogP contribution >= 0.6 is 0 Å². The van der Waals surface area contributed by atoms with Crippen LogP contribution in [0.25, 0.3) is 0 Å². The Kier molecular flexibility index (Phi) is 12.6. The van der Waals surface area contributed by atoms with Gasteiger partial charge in [0.2, 0.25) is 0 Å². The van der Waals surface area contributed by atoms with Crippen molar-refractivity contribution in [3.8, 4) is 0 Å². The first-order valence-electron chi connectivity index (χ1n) is 10.1. The lowest BCUT2D eigenvalue weighted by Crippen LogP contribution is -2.77. The van der Waals surface area contributed by atoms with Crippen LogP contribution in [0.1, 0.15) is 48.5 Å². The first-order valence-corrected chi connectivity index (χ1v) is 17.2. The fourth-order valence-corrected chi connectivity index (χ4v) is 21.4. The zero-order valence-electron chi connectivity index (χ0n) is 19.1. The Balaban J connectivity index is 6.99. The van der Waals surface area contributed by atoms with E-state index in [0.717, 1.165) is 0 Å². The highest BCUT2D eigenvalue weighted by Gasteiger charge is 2.80. The van der Waals surface area contributed by atoms with Gasteiger partial charge < -0.3 is 30.7 Å². The fourth-order valence-electron chi connectivity index (χ4n) is 3.39. The molecule has 0 saturated carbocycles. The molecule has 0 aliphatic heterocycles. The molecule has 0 aromatic carbocycles. The van der Waals surface area contributed by atoms with Crippen molar-refractivity contribution in [1.29, 1.82) is 0 Å². The molecule has 7 nitrogen and oxygen atoms in total. The Bertz CT molecular complexity index is 352. The molecule has 164 valence electrons. The van der Waals surface area contributed by atoms with E-state index in [2.05, 4.69) is 20.0 Å². The summed E-state index contributed by atoms with van der Waals surface area (Å²) >= 11 is 0. The van der Waals surface area contributed by atoms with Gasteiger partial charge >= 0.3 is 17.6 Å². The standard InChI is InChI=1S/C16H42O7Si4/c1-10-17-26(18-11-2,19-12-3)16(7,25(8,9)23-24)27(20-13-4,21-14-5)22-15-6/h10-15H2,1-9,24H3. The quantitative estimate of drug-likeness (QED) is 0.329. The number of hydrogen-bond donors (Lipinski definition) is 0. The molecular weight excluding hydrogens is 417 g/mol. The third kappa shape index (κ3) is 5.39. The fraction of sp³-hybridized carbons (Fsp3) is 1.00. The maximum atomic E-state index is 6.37. The van der Waals surface area contributed by atoms with Gasteiger partial charge in [0.25, 0.3) is 0 Å². The van der Waals surface area contributed by atoms with Crippen molar-refractivity contribution in [3.05, 3.63) is 0 Å². The van der Waals surface area contributed by atoms with Gasteiger partial charge in [-0.1, -0.05) is 6.92 Å².